The lowest BCUT2D eigenvalue weighted by atomic mass is 9.90. The van der Waals surface area contributed by atoms with Crippen molar-refractivity contribution < 1.29 is 4.79 Å². The van der Waals surface area contributed by atoms with E-state index in [4.69, 9.17) is 0 Å². The lowest BCUT2D eigenvalue weighted by Crippen LogP contribution is -2.40. The number of aromatic nitrogens is 1. The van der Waals surface area contributed by atoms with E-state index in [0.29, 0.717) is 11.8 Å². The van der Waals surface area contributed by atoms with Crippen LogP contribution in [0.2, 0.25) is 0 Å². The zero-order chi connectivity index (χ0) is 15.0. The topological polar surface area (TPSA) is 33.2 Å². The quantitative estimate of drug-likeness (QED) is 0.759. The number of pyridine rings is 1. The summed E-state index contributed by atoms with van der Waals surface area (Å²) >= 11 is 3.65. The molecule has 0 aromatic carbocycles. The van der Waals surface area contributed by atoms with Crippen LogP contribution in [0.3, 0.4) is 0 Å². The second-order valence-corrected chi connectivity index (χ2v) is 7.02. The molecule has 0 radical (unpaired) electrons. The molecule has 1 saturated heterocycles. The Kier molecular flexibility index (Phi) is 4.52. The summed E-state index contributed by atoms with van der Waals surface area (Å²) in [7, 11) is 0. The minimum absolute atomic E-state index is 0.0941. The molecular weight excluding hydrogens is 316 g/mol. The van der Waals surface area contributed by atoms with Crippen LogP contribution in [-0.4, -0.2) is 23.9 Å². The zero-order valence-corrected chi connectivity index (χ0v) is 14.5. The number of nitrogens with zero attached hydrogens (tertiary/aromatic N) is 2. The predicted octanol–water partition coefficient (Wildman–Crippen LogP) is 4.15. The van der Waals surface area contributed by atoms with Crippen molar-refractivity contribution in [2.24, 2.45) is 11.8 Å². The molecule has 4 heteroatoms. The molecular formula is C16H23BrN2O. The Morgan fingerprint density at radius 1 is 1.20 bits per heavy atom. The smallest absolute Gasteiger partial charge is 0.163 e. The zero-order valence-electron chi connectivity index (χ0n) is 13.0. The molecule has 0 saturated carbocycles. The maximum Gasteiger partial charge on any atom is 0.163 e. The van der Waals surface area contributed by atoms with Crippen LogP contribution in [0.15, 0.2) is 4.47 Å². The van der Waals surface area contributed by atoms with Gasteiger partial charge in [-0.15, -0.1) is 0 Å². The fraction of sp³-hybridized carbons (Fsp3) is 0.625. The number of carbonyl (C=O) groups is 1. The monoisotopic (exact) mass is 338 g/mol. The molecule has 0 bridgehead atoms. The Bertz CT molecular complexity index is 532. The van der Waals surface area contributed by atoms with E-state index >= 15 is 0 Å². The third kappa shape index (κ3) is 2.90. The molecule has 0 aliphatic carbocycles. The third-order valence-electron chi connectivity index (χ3n) is 4.00. The first-order valence-corrected chi connectivity index (χ1v) is 8.03. The van der Waals surface area contributed by atoms with Crippen molar-refractivity contribution in [3.63, 3.8) is 0 Å². The molecule has 1 aliphatic heterocycles. The minimum Gasteiger partial charge on any atom is -0.369 e. The second kappa shape index (κ2) is 5.84. The van der Waals surface area contributed by atoms with Gasteiger partial charge in [-0.2, -0.15) is 0 Å². The van der Waals surface area contributed by atoms with Crippen molar-refractivity contribution in [2.75, 3.05) is 18.0 Å². The van der Waals surface area contributed by atoms with Crippen LogP contribution in [0.1, 0.15) is 48.9 Å². The largest absolute Gasteiger partial charge is 0.369 e. The Hall–Kier alpha value is -0.900. The maximum atomic E-state index is 12.1. The normalized spacial score (nSPS) is 23.0. The molecule has 0 amide bonds. The Morgan fingerprint density at radius 2 is 1.75 bits per heavy atom. The highest BCUT2D eigenvalue weighted by Crippen LogP contribution is 2.37. The van der Waals surface area contributed by atoms with Crippen LogP contribution in [0.4, 0.5) is 5.69 Å². The molecule has 1 aliphatic rings. The number of hydrogen-bond acceptors (Lipinski definition) is 3. The SMILES string of the molecule is CC(=O)c1c(C)nc(C)c(Br)c1N1CC(C)CC(C)C1. The highest BCUT2D eigenvalue weighted by molar-refractivity contribution is 9.10. The van der Waals surface area contributed by atoms with Crippen molar-refractivity contribution in [3.05, 3.63) is 21.4 Å². The van der Waals surface area contributed by atoms with E-state index in [2.05, 4.69) is 39.7 Å². The average molecular weight is 339 g/mol. The number of aryl methyl sites for hydroxylation is 2. The number of hydrogen-bond donors (Lipinski definition) is 0. The van der Waals surface area contributed by atoms with Gasteiger partial charge in [-0.3, -0.25) is 9.78 Å². The van der Waals surface area contributed by atoms with Gasteiger partial charge >= 0.3 is 0 Å². The fourth-order valence-electron chi connectivity index (χ4n) is 3.37. The van der Waals surface area contributed by atoms with E-state index < -0.39 is 0 Å². The van der Waals surface area contributed by atoms with Crippen LogP contribution in [0.25, 0.3) is 0 Å². The molecule has 1 aromatic rings. The molecule has 0 spiro atoms. The first-order chi connectivity index (χ1) is 9.31. The summed E-state index contributed by atoms with van der Waals surface area (Å²) < 4.78 is 0.967. The van der Waals surface area contributed by atoms with Crippen LogP contribution < -0.4 is 4.90 Å². The van der Waals surface area contributed by atoms with E-state index in [0.717, 1.165) is 40.2 Å². The van der Waals surface area contributed by atoms with Crippen molar-refractivity contribution in [3.8, 4) is 0 Å². The van der Waals surface area contributed by atoms with Gasteiger partial charge in [-0.1, -0.05) is 13.8 Å². The molecule has 2 unspecified atom stereocenters. The fourth-order valence-corrected chi connectivity index (χ4v) is 3.91. The van der Waals surface area contributed by atoms with Gasteiger partial charge in [-0.25, -0.2) is 0 Å². The summed E-state index contributed by atoms with van der Waals surface area (Å²) in [5, 5.41) is 0. The first kappa shape index (κ1) is 15.5. The van der Waals surface area contributed by atoms with Gasteiger partial charge in [0.2, 0.25) is 0 Å². The Balaban J connectivity index is 2.56. The van der Waals surface area contributed by atoms with E-state index in [1.165, 1.54) is 6.42 Å². The minimum atomic E-state index is 0.0941. The third-order valence-corrected chi connectivity index (χ3v) is 4.95. The van der Waals surface area contributed by atoms with E-state index in [9.17, 15) is 4.79 Å². The molecule has 1 fully saturated rings. The average Bonchev–Trinajstić information content (AvgIpc) is 2.31. The van der Waals surface area contributed by atoms with E-state index in [-0.39, 0.29) is 5.78 Å². The van der Waals surface area contributed by atoms with Gasteiger partial charge in [0, 0.05) is 13.1 Å². The lowest BCUT2D eigenvalue weighted by molar-refractivity contribution is 0.101. The van der Waals surface area contributed by atoms with E-state index in [1.807, 2.05) is 13.8 Å². The number of rotatable bonds is 2. The number of ketones is 1. The van der Waals surface area contributed by atoms with Crippen molar-refractivity contribution in [2.45, 2.75) is 41.0 Å². The van der Waals surface area contributed by atoms with Crippen molar-refractivity contribution in [1.29, 1.82) is 0 Å². The van der Waals surface area contributed by atoms with E-state index in [1.54, 1.807) is 6.92 Å². The van der Waals surface area contributed by atoms with Crippen LogP contribution in [0, 0.1) is 25.7 Å². The lowest BCUT2D eigenvalue weighted by Gasteiger charge is -2.38. The molecule has 2 atom stereocenters. The highest BCUT2D eigenvalue weighted by atomic mass is 79.9. The molecule has 2 rings (SSSR count). The Morgan fingerprint density at radius 3 is 2.25 bits per heavy atom. The predicted molar refractivity (Wildman–Crippen MR) is 86.6 cm³/mol. The number of carbonyl (C=O) groups excluding carboxylic acids is 1. The summed E-state index contributed by atoms with van der Waals surface area (Å²) in [6, 6.07) is 0. The Labute approximate surface area is 129 Å². The van der Waals surface area contributed by atoms with Gasteiger partial charge in [0.1, 0.15) is 0 Å². The first-order valence-electron chi connectivity index (χ1n) is 7.23. The van der Waals surface area contributed by atoms with Crippen molar-refractivity contribution in [1.82, 2.24) is 4.98 Å². The van der Waals surface area contributed by atoms with Gasteiger partial charge < -0.3 is 4.90 Å². The molecule has 0 N–H and O–H groups in total. The van der Waals surface area contributed by atoms with Crippen LogP contribution in [0.5, 0.6) is 0 Å². The van der Waals surface area contributed by atoms with Crippen molar-refractivity contribution >= 4 is 27.4 Å². The standard InChI is InChI=1S/C16H23BrN2O/c1-9-6-10(2)8-19(7-9)16-14(13(5)20)11(3)18-12(4)15(16)17/h9-10H,6-8H2,1-5H3. The number of anilines is 1. The van der Waals surface area contributed by atoms with Gasteiger partial charge in [-0.05, 0) is 55.0 Å². The number of halogens is 1. The molecule has 110 valence electrons. The molecule has 3 nitrogen and oxygen atoms in total. The maximum absolute atomic E-state index is 12.1. The van der Waals surface area contributed by atoms with Gasteiger partial charge in [0.15, 0.2) is 5.78 Å². The molecule has 2 heterocycles. The molecule has 20 heavy (non-hydrogen) atoms. The summed E-state index contributed by atoms with van der Waals surface area (Å²) in [5.74, 6) is 1.40. The summed E-state index contributed by atoms with van der Waals surface area (Å²) in [6.07, 6.45) is 1.26. The van der Waals surface area contributed by atoms with Gasteiger partial charge in [0.05, 0.1) is 27.1 Å². The summed E-state index contributed by atoms with van der Waals surface area (Å²) in [4.78, 5) is 18.9. The van der Waals surface area contributed by atoms with Crippen LogP contribution >= 0.6 is 15.9 Å². The summed E-state index contributed by atoms with van der Waals surface area (Å²) in [5.41, 5.74) is 3.59. The number of Topliss-reactive ketones (excluding diaryl/α,β-unsaturated/α-hetero) is 1. The molecule has 1 aromatic heterocycles. The summed E-state index contributed by atoms with van der Waals surface area (Å²) in [6.45, 7) is 12.1. The second-order valence-electron chi connectivity index (χ2n) is 6.23. The highest BCUT2D eigenvalue weighted by Gasteiger charge is 2.28. The number of piperidine rings is 1. The van der Waals surface area contributed by atoms with Gasteiger partial charge in [0.25, 0.3) is 0 Å². The van der Waals surface area contributed by atoms with Crippen LogP contribution in [-0.2, 0) is 0 Å².